The molecule has 0 aliphatic carbocycles. The summed E-state index contributed by atoms with van der Waals surface area (Å²) >= 11 is 6.40. The lowest BCUT2D eigenvalue weighted by Gasteiger charge is -2.29. The molecule has 2 aromatic rings. The van der Waals surface area contributed by atoms with E-state index in [2.05, 4.69) is 10.6 Å². The Balaban J connectivity index is 1.49. The minimum absolute atomic E-state index is 0.0670. The fraction of sp³-hybridized carbons (Fsp3) is 0.304. The molecule has 1 saturated heterocycles. The topological polar surface area (TPSA) is 98.8 Å². The summed E-state index contributed by atoms with van der Waals surface area (Å²) in [6, 6.07) is 9.60. The molecule has 0 unspecified atom stereocenters. The van der Waals surface area contributed by atoms with Gasteiger partial charge in [-0.2, -0.15) is 0 Å². The number of carbonyl (C=O) groups is 4. The van der Waals surface area contributed by atoms with Gasteiger partial charge in [-0.3, -0.25) is 24.1 Å². The van der Waals surface area contributed by atoms with E-state index in [1.165, 1.54) is 23.1 Å². The average Bonchev–Trinajstić information content (AvgIpc) is 3.01. The van der Waals surface area contributed by atoms with E-state index in [0.717, 1.165) is 12.8 Å². The minimum atomic E-state index is -0.416. The highest BCUT2D eigenvalue weighted by molar-refractivity contribution is 6.33. The predicted molar refractivity (Wildman–Crippen MR) is 121 cm³/mol. The second-order valence-electron chi connectivity index (χ2n) is 7.77. The molecule has 0 radical (unpaired) electrons. The van der Waals surface area contributed by atoms with E-state index in [1.54, 1.807) is 18.2 Å². The van der Waals surface area contributed by atoms with Crippen molar-refractivity contribution >= 4 is 46.6 Å². The number of hydrogen-bond acceptors (Lipinski definition) is 5. The molecule has 0 saturated carbocycles. The van der Waals surface area contributed by atoms with Crippen LogP contribution >= 0.6 is 11.6 Å². The molecule has 4 rings (SSSR count). The van der Waals surface area contributed by atoms with Crippen molar-refractivity contribution in [3.05, 3.63) is 58.1 Å². The fourth-order valence-electron chi connectivity index (χ4n) is 3.84. The lowest BCUT2D eigenvalue weighted by Crippen LogP contribution is -2.47. The zero-order valence-corrected chi connectivity index (χ0v) is 18.4. The van der Waals surface area contributed by atoms with Crippen LogP contribution in [0.2, 0.25) is 5.02 Å². The smallest absolute Gasteiger partial charge is 0.261 e. The first-order chi connectivity index (χ1) is 15.4. The molecule has 2 N–H and O–H groups in total. The Morgan fingerprint density at radius 3 is 2.59 bits per heavy atom. The molecule has 0 spiro atoms. The maximum atomic E-state index is 12.8. The highest BCUT2D eigenvalue weighted by Gasteiger charge is 2.35. The van der Waals surface area contributed by atoms with Crippen LogP contribution in [0.4, 0.5) is 11.4 Å². The lowest BCUT2D eigenvalue weighted by molar-refractivity contribution is -0.120. The van der Waals surface area contributed by atoms with Gasteiger partial charge in [-0.15, -0.1) is 0 Å². The van der Waals surface area contributed by atoms with Gasteiger partial charge in [0.05, 0.1) is 28.4 Å². The van der Waals surface area contributed by atoms with Gasteiger partial charge in [0.25, 0.3) is 17.7 Å². The molecule has 32 heavy (non-hydrogen) atoms. The normalized spacial score (nSPS) is 15.6. The van der Waals surface area contributed by atoms with Crippen molar-refractivity contribution in [3.8, 4) is 0 Å². The van der Waals surface area contributed by atoms with E-state index in [9.17, 15) is 19.2 Å². The van der Waals surface area contributed by atoms with Gasteiger partial charge >= 0.3 is 0 Å². The maximum absolute atomic E-state index is 12.8. The number of rotatable bonds is 6. The van der Waals surface area contributed by atoms with E-state index >= 15 is 0 Å². The van der Waals surface area contributed by atoms with Crippen molar-refractivity contribution in [1.29, 1.82) is 0 Å². The van der Waals surface area contributed by atoms with Gasteiger partial charge in [-0.25, -0.2) is 0 Å². The molecule has 0 atom stereocenters. The third kappa shape index (κ3) is 4.18. The molecule has 2 aliphatic rings. The van der Waals surface area contributed by atoms with E-state index in [4.69, 9.17) is 11.6 Å². The predicted octanol–water partition coefficient (Wildman–Crippen LogP) is 2.92. The molecule has 2 heterocycles. The number of hydrogen-bond donors (Lipinski definition) is 2. The van der Waals surface area contributed by atoms with E-state index in [-0.39, 0.29) is 35.4 Å². The Labute approximate surface area is 190 Å². The van der Waals surface area contributed by atoms with Crippen LogP contribution in [0, 0.1) is 0 Å². The lowest BCUT2D eigenvalue weighted by atomic mass is 10.1. The van der Waals surface area contributed by atoms with Crippen LogP contribution < -0.4 is 15.5 Å². The quantitative estimate of drug-likeness (QED) is 0.654. The van der Waals surface area contributed by atoms with Crippen molar-refractivity contribution in [2.75, 3.05) is 36.4 Å². The number of anilines is 2. The Morgan fingerprint density at radius 2 is 1.88 bits per heavy atom. The number of piperazine rings is 1. The van der Waals surface area contributed by atoms with Crippen molar-refractivity contribution in [2.24, 2.45) is 0 Å². The van der Waals surface area contributed by atoms with Crippen molar-refractivity contribution in [1.82, 2.24) is 10.2 Å². The number of unbranched alkanes of at least 4 members (excludes halogenated alkanes) is 1. The molecule has 2 aromatic carbocycles. The molecule has 4 amide bonds. The largest absolute Gasteiger partial charge is 0.359 e. The van der Waals surface area contributed by atoms with Crippen molar-refractivity contribution < 1.29 is 19.2 Å². The zero-order valence-electron chi connectivity index (χ0n) is 17.6. The van der Waals surface area contributed by atoms with Crippen LogP contribution in [0.3, 0.4) is 0 Å². The first kappa shape index (κ1) is 21.8. The zero-order chi connectivity index (χ0) is 22.8. The number of nitrogens with one attached hydrogen (secondary N) is 2. The van der Waals surface area contributed by atoms with Crippen LogP contribution in [-0.4, -0.2) is 54.7 Å². The fourth-order valence-corrected chi connectivity index (χ4v) is 4.14. The summed E-state index contributed by atoms with van der Waals surface area (Å²) in [6.07, 6.45) is 1.60. The van der Waals surface area contributed by atoms with Crippen LogP contribution in [0.5, 0.6) is 0 Å². The van der Waals surface area contributed by atoms with Gasteiger partial charge in [0.2, 0.25) is 5.91 Å². The van der Waals surface area contributed by atoms with Crippen molar-refractivity contribution in [3.63, 3.8) is 0 Å². The molecule has 8 nitrogen and oxygen atoms in total. The molecule has 1 fully saturated rings. The maximum Gasteiger partial charge on any atom is 0.261 e. The summed E-state index contributed by atoms with van der Waals surface area (Å²) < 4.78 is 0. The van der Waals surface area contributed by atoms with Gasteiger partial charge < -0.3 is 15.5 Å². The van der Waals surface area contributed by atoms with Gasteiger partial charge in [0.15, 0.2) is 0 Å². The standard InChI is InChI=1S/C23H23ClN4O4/c1-2-3-9-28-22(31)16-6-4-14(11-17(16)23(28)32)21(30)26-15-5-7-19(18(24)12-15)27-10-8-25-20(29)13-27/h4-7,11-12H,2-3,8-10,13H2,1H3,(H,25,29)(H,26,30). The summed E-state index contributed by atoms with van der Waals surface area (Å²) in [4.78, 5) is 52.6. The number of nitrogens with zero attached hydrogens (tertiary/aromatic N) is 2. The summed E-state index contributed by atoms with van der Waals surface area (Å²) in [5, 5.41) is 5.95. The van der Waals surface area contributed by atoms with Crippen LogP contribution in [0.25, 0.3) is 0 Å². The Hall–Kier alpha value is -3.39. The summed E-state index contributed by atoms with van der Waals surface area (Å²) in [7, 11) is 0. The first-order valence-electron chi connectivity index (χ1n) is 10.5. The molecule has 9 heteroatoms. The second kappa shape index (κ2) is 9.00. The summed E-state index contributed by atoms with van der Waals surface area (Å²) in [5.41, 5.74) is 2.04. The number of fused-ring (bicyclic) bond motifs is 1. The molecule has 166 valence electrons. The van der Waals surface area contributed by atoms with E-state index in [1.807, 2.05) is 11.8 Å². The van der Waals surface area contributed by atoms with E-state index in [0.29, 0.717) is 41.6 Å². The number of amides is 4. The molecular weight excluding hydrogens is 432 g/mol. The van der Waals surface area contributed by atoms with Crippen LogP contribution in [-0.2, 0) is 4.79 Å². The minimum Gasteiger partial charge on any atom is -0.359 e. The molecular formula is C23H23ClN4O4. The number of carbonyl (C=O) groups excluding carboxylic acids is 4. The third-order valence-corrected chi connectivity index (χ3v) is 5.86. The Morgan fingerprint density at radius 1 is 1.09 bits per heavy atom. The van der Waals surface area contributed by atoms with Gasteiger partial charge in [-0.05, 0) is 42.8 Å². The molecule has 0 aromatic heterocycles. The molecule has 0 bridgehead atoms. The van der Waals surface area contributed by atoms with Gasteiger partial charge in [-0.1, -0.05) is 24.9 Å². The van der Waals surface area contributed by atoms with Crippen LogP contribution in [0.15, 0.2) is 36.4 Å². The number of halogens is 1. The highest BCUT2D eigenvalue weighted by Crippen LogP contribution is 2.30. The van der Waals surface area contributed by atoms with Crippen molar-refractivity contribution in [2.45, 2.75) is 19.8 Å². The number of imide groups is 1. The summed E-state index contributed by atoms with van der Waals surface area (Å²) in [6.45, 7) is 3.77. The molecule has 2 aliphatic heterocycles. The van der Waals surface area contributed by atoms with Gasteiger partial charge in [0.1, 0.15) is 0 Å². The average molecular weight is 455 g/mol. The highest BCUT2D eigenvalue weighted by atomic mass is 35.5. The monoisotopic (exact) mass is 454 g/mol. The second-order valence-corrected chi connectivity index (χ2v) is 8.17. The van der Waals surface area contributed by atoms with E-state index < -0.39 is 5.91 Å². The Bertz CT molecular complexity index is 1120. The summed E-state index contributed by atoms with van der Waals surface area (Å²) in [5.74, 6) is -1.17. The third-order valence-electron chi connectivity index (χ3n) is 5.55. The number of benzene rings is 2. The first-order valence-corrected chi connectivity index (χ1v) is 10.9. The van der Waals surface area contributed by atoms with Gasteiger partial charge in [0, 0.05) is 30.9 Å². The van der Waals surface area contributed by atoms with Crippen LogP contribution in [0.1, 0.15) is 50.8 Å². The SMILES string of the molecule is CCCCN1C(=O)c2ccc(C(=O)Nc3ccc(N4CCNC(=O)C4)c(Cl)c3)cc2C1=O. The Kier molecular flexibility index (Phi) is 6.14.